The van der Waals surface area contributed by atoms with Crippen molar-refractivity contribution in [2.45, 2.75) is 32.2 Å². The number of nitrogens with zero attached hydrogens (tertiary/aromatic N) is 1. The van der Waals surface area contributed by atoms with Gasteiger partial charge in [-0.2, -0.15) is 0 Å². The molecule has 1 saturated heterocycles. The molecule has 0 radical (unpaired) electrons. The molecule has 0 spiro atoms. The Balaban J connectivity index is 1.42. The maximum Gasteiger partial charge on any atom is 0.236 e. The van der Waals surface area contributed by atoms with E-state index in [2.05, 4.69) is 15.6 Å². The van der Waals surface area contributed by atoms with Crippen molar-refractivity contribution >= 4 is 17.2 Å². The van der Waals surface area contributed by atoms with Crippen LogP contribution in [0.3, 0.4) is 0 Å². The van der Waals surface area contributed by atoms with E-state index in [4.69, 9.17) is 4.42 Å². The van der Waals surface area contributed by atoms with Gasteiger partial charge in [-0.15, -0.1) is 11.3 Å². The number of nitrogens with one attached hydrogen (secondary N) is 2. The van der Waals surface area contributed by atoms with Crippen molar-refractivity contribution in [2.24, 2.45) is 11.3 Å². The fourth-order valence-electron chi connectivity index (χ4n) is 3.94. The molecule has 0 bridgehead atoms. The molecule has 1 saturated carbocycles. The molecular weight excluding hydrogens is 310 g/mol. The first kappa shape index (κ1) is 14.9. The molecule has 2 aromatic rings. The van der Waals surface area contributed by atoms with Crippen molar-refractivity contribution < 1.29 is 9.21 Å². The van der Waals surface area contributed by atoms with Crippen LogP contribution >= 0.6 is 11.3 Å². The third-order valence-corrected chi connectivity index (χ3v) is 6.06. The molecule has 122 valence electrons. The minimum absolute atomic E-state index is 0.174. The third kappa shape index (κ3) is 2.70. The summed E-state index contributed by atoms with van der Waals surface area (Å²) < 4.78 is 5.51. The first-order valence-electron chi connectivity index (χ1n) is 8.25. The fraction of sp³-hybridized carbons (Fsp3) is 0.529. The number of oxazole rings is 1. The lowest BCUT2D eigenvalue weighted by atomic mass is 9.67. The number of hydrogen-bond donors (Lipinski definition) is 2. The molecule has 3 heterocycles. The minimum atomic E-state index is -0.210. The standard InChI is InChI=1S/C17H21N3O2S/c21-16(17-6-2-1-4-12(17)8-18-11-17)19-9-13-10-22-15(20-13)14-5-3-7-23-14/h3,5,7,10,12,18H,1-2,4,6,8-9,11H2,(H,19,21)/t12-,17+/m0/s1. The van der Waals surface area contributed by atoms with E-state index in [1.54, 1.807) is 17.6 Å². The highest BCUT2D eigenvalue weighted by Gasteiger charge is 2.49. The van der Waals surface area contributed by atoms with Gasteiger partial charge in [0.25, 0.3) is 0 Å². The number of carbonyl (C=O) groups is 1. The zero-order valence-corrected chi connectivity index (χ0v) is 13.8. The summed E-state index contributed by atoms with van der Waals surface area (Å²) in [5, 5.41) is 8.50. The molecule has 0 unspecified atom stereocenters. The average Bonchev–Trinajstić information content (AvgIpc) is 3.31. The van der Waals surface area contributed by atoms with E-state index in [1.165, 1.54) is 6.42 Å². The molecule has 2 fully saturated rings. The molecule has 0 aromatic carbocycles. The normalized spacial score (nSPS) is 26.9. The highest BCUT2D eigenvalue weighted by Crippen LogP contribution is 2.43. The monoisotopic (exact) mass is 331 g/mol. The maximum absolute atomic E-state index is 12.8. The molecule has 4 rings (SSSR count). The van der Waals surface area contributed by atoms with Crippen LogP contribution < -0.4 is 10.6 Å². The number of aromatic nitrogens is 1. The van der Waals surface area contributed by atoms with Crippen LogP contribution in [-0.2, 0) is 11.3 Å². The summed E-state index contributed by atoms with van der Waals surface area (Å²) in [6.45, 7) is 2.21. The van der Waals surface area contributed by atoms with Crippen molar-refractivity contribution in [1.29, 1.82) is 0 Å². The van der Waals surface area contributed by atoms with Gasteiger partial charge in [0.1, 0.15) is 6.26 Å². The molecule has 1 aliphatic carbocycles. The topological polar surface area (TPSA) is 67.2 Å². The van der Waals surface area contributed by atoms with Crippen molar-refractivity contribution in [2.75, 3.05) is 13.1 Å². The lowest BCUT2D eigenvalue weighted by Gasteiger charge is -2.37. The van der Waals surface area contributed by atoms with Gasteiger partial charge in [0.05, 0.1) is 22.5 Å². The Kier molecular flexibility index (Phi) is 3.95. The number of carbonyl (C=O) groups excluding carboxylic acids is 1. The number of amides is 1. The summed E-state index contributed by atoms with van der Waals surface area (Å²) in [4.78, 5) is 18.3. The highest BCUT2D eigenvalue weighted by atomic mass is 32.1. The van der Waals surface area contributed by atoms with E-state index in [0.717, 1.165) is 42.9 Å². The Hall–Kier alpha value is -1.66. The molecular formula is C17H21N3O2S. The van der Waals surface area contributed by atoms with Crippen LogP contribution in [-0.4, -0.2) is 24.0 Å². The third-order valence-electron chi connectivity index (χ3n) is 5.20. The predicted molar refractivity (Wildman–Crippen MR) is 88.9 cm³/mol. The SMILES string of the molecule is O=C(NCc1coc(-c2cccs2)n1)[C@@]12CCCC[C@H]1CNC2. The van der Waals surface area contributed by atoms with E-state index in [-0.39, 0.29) is 11.3 Å². The van der Waals surface area contributed by atoms with Crippen LogP contribution in [0.2, 0.25) is 0 Å². The van der Waals surface area contributed by atoms with Crippen LogP contribution in [0.1, 0.15) is 31.4 Å². The Labute approximate surface area is 139 Å². The molecule has 2 atom stereocenters. The second-order valence-electron chi connectivity index (χ2n) is 6.53. The van der Waals surface area contributed by atoms with Gasteiger partial charge in [0.2, 0.25) is 11.8 Å². The molecule has 1 aliphatic heterocycles. The van der Waals surface area contributed by atoms with Gasteiger partial charge in [-0.25, -0.2) is 4.98 Å². The van der Waals surface area contributed by atoms with Gasteiger partial charge in [-0.1, -0.05) is 18.9 Å². The van der Waals surface area contributed by atoms with Gasteiger partial charge in [0, 0.05) is 6.54 Å². The van der Waals surface area contributed by atoms with Crippen LogP contribution in [0, 0.1) is 11.3 Å². The zero-order chi connectivity index (χ0) is 15.7. The largest absolute Gasteiger partial charge is 0.443 e. The molecule has 23 heavy (non-hydrogen) atoms. The predicted octanol–water partition coefficient (Wildman–Crippen LogP) is 2.80. The smallest absolute Gasteiger partial charge is 0.236 e. The quantitative estimate of drug-likeness (QED) is 0.904. The summed E-state index contributed by atoms with van der Waals surface area (Å²) in [7, 11) is 0. The van der Waals surface area contributed by atoms with Crippen molar-refractivity contribution in [3.63, 3.8) is 0 Å². The molecule has 5 nitrogen and oxygen atoms in total. The lowest BCUT2D eigenvalue weighted by Crippen LogP contribution is -2.47. The van der Waals surface area contributed by atoms with Gasteiger partial charge in [-0.05, 0) is 36.8 Å². The molecule has 2 N–H and O–H groups in total. The summed E-state index contributed by atoms with van der Waals surface area (Å²) in [6.07, 6.45) is 6.19. The number of rotatable bonds is 4. The number of hydrogen-bond acceptors (Lipinski definition) is 5. The van der Waals surface area contributed by atoms with Crippen molar-refractivity contribution in [1.82, 2.24) is 15.6 Å². The Morgan fingerprint density at radius 3 is 3.35 bits per heavy atom. The van der Waals surface area contributed by atoms with E-state index < -0.39 is 0 Å². The summed E-state index contributed by atoms with van der Waals surface area (Å²) in [5.74, 6) is 1.28. The Bertz CT molecular complexity index is 682. The fourth-order valence-corrected chi connectivity index (χ4v) is 4.59. The van der Waals surface area contributed by atoms with E-state index >= 15 is 0 Å². The van der Waals surface area contributed by atoms with Crippen molar-refractivity contribution in [3.8, 4) is 10.8 Å². The number of thiophene rings is 1. The lowest BCUT2D eigenvalue weighted by molar-refractivity contribution is -0.134. The summed E-state index contributed by atoms with van der Waals surface area (Å²) in [6, 6.07) is 3.95. The van der Waals surface area contributed by atoms with Crippen LogP contribution in [0.15, 0.2) is 28.2 Å². The van der Waals surface area contributed by atoms with E-state index in [0.29, 0.717) is 18.4 Å². The maximum atomic E-state index is 12.8. The Morgan fingerprint density at radius 2 is 2.48 bits per heavy atom. The molecule has 6 heteroatoms. The second kappa shape index (κ2) is 6.09. The highest BCUT2D eigenvalue weighted by molar-refractivity contribution is 7.13. The van der Waals surface area contributed by atoms with Crippen molar-refractivity contribution in [3.05, 3.63) is 29.5 Å². The van der Waals surface area contributed by atoms with E-state index in [9.17, 15) is 4.79 Å². The first-order chi connectivity index (χ1) is 11.3. The molecule has 2 aliphatic rings. The molecule has 1 amide bonds. The van der Waals surface area contributed by atoms with Crippen LogP contribution in [0.5, 0.6) is 0 Å². The average molecular weight is 331 g/mol. The second-order valence-corrected chi connectivity index (χ2v) is 7.48. The van der Waals surface area contributed by atoms with Crippen LogP contribution in [0.4, 0.5) is 0 Å². The van der Waals surface area contributed by atoms with Gasteiger partial charge in [0.15, 0.2) is 0 Å². The molecule has 2 aromatic heterocycles. The Morgan fingerprint density at radius 1 is 1.52 bits per heavy atom. The van der Waals surface area contributed by atoms with Crippen LogP contribution in [0.25, 0.3) is 10.8 Å². The minimum Gasteiger partial charge on any atom is -0.443 e. The van der Waals surface area contributed by atoms with Gasteiger partial charge in [-0.3, -0.25) is 4.79 Å². The number of fused-ring (bicyclic) bond motifs is 1. The summed E-state index contributed by atoms with van der Waals surface area (Å²) in [5.41, 5.74) is 0.565. The first-order valence-corrected chi connectivity index (χ1v) is 9.13. The van der Waals surface area contributed by atoms with E-state index in [1.807, 2.05) is 17.5 Å². The zero-order valence-electron chi connectivity index (χ0n) is 13.0. The van der Waals surface area contributed by atoms with Gasteiger partial charge < -0.3 is 15.1 Å². The van der Waals surface area contributed by atoms with Gasteiger partial charge >= 0.3 is 0 Å². The summed E-state index contributed by atoms with van der Waals surface area (Å²) >= 11 is 1.60.